The molecule has 2 rings (SSSR count). The van der Waals surface area contributed by atoms with Crippen LogP contribution in [0.4, 0.5) is 0 Å². The van der Waals surface area contributed by atoms with Crippen molar-refractivity contribution < 1.29 is 8.42 Å². The lowest BCUT2D eigenvalue weighted by atomic mass is 10.1. The summed E-state index contributed by atoms with van der Waals surface area (Å²) in [7, 11) is 1.49. The van der Waals surface area contributed by atoms with Gasteiger partial charge in [0.2, 0.25) is 0 Å². The highest BCUT2D eigenvalue weighted by molar-refractivity contribution is 8.13. The first-order valence-corrected chi connectivity index (χ1v) is 9.50. The van der Waals surface area contributed by atoms with Crippen LogP contribution < -0.4 is 0 Å². The van der Waals surface area contributed by atoms with E-state index in [1.54, 1.807) is 0 Å². The Morgan fingerprint density at radius 1 is 1.19 bits per heavy atom. The van der Waals surface area contributed by atoms with Crippen LogP contribution in [0.2, 0.25) is 0 Å². The highest BCUT2D eigenvalue weighted by Gasteiger charge is 2.27. The highest BCUT2D eigenvalue weighted by atomic mass is 35.7. The van der Waals surface area contributed by atoms with Crippen molar-refractivity contribution in [2.75, 3.05) is 0 Å². The van der Waals surface area contributed by atoms with Crippen molar-refractivity contribution >= 4 is 31.3 Å². The summed E-state index contributed by atoms with van der Waals surface area (Å²) in [4.78, 5) is 0.727. The van der Waals surface area contributed by atoms with Crippen molar-refractivity contribution in [3.05, 3.63) is 5.69 Å². The lowest BCUT2D eigenvalue weighted by molar-refractivity contribution is 0.488. The normalized spacial score (nSPS) is 12.5. The zero-order valence-corrected chi connectivity index (χ0v) is 14.5. The maximum Gasteiger partial charge on any atom is 0.296 e. The number of nitrogens with zero attached hydrogens (tertiary/aromatic N) is 5. The molecule has 0 amide bonds. The molecule has 0 radical (unpaired) electrons. The van der Waals surface area contributed by atoms with Gasteiger partial charge < -0.3 is 0 Å². The topological polar surface area (TPSA) is 90.6 Å². The van der Waals surface area contributed by atoms with Crippen LogP contribution in [-0.2, 0) is 15.6 Å². The molecule has 7 nitrogen and oxygen atoms in total. The van der Waals surface area contributed by atoms with E-state index in [1.165, 1.54) is 16.1 Å². The second kappa shape index (κ2) is 5.98. The van der Waals surface area contributed by atoms with Gasteiger partial charge in [-0.15, -0.1) is 15.3 Å². The number of halogens is 1. The minimum Gasteiger partial charge on any atom is -0.296 e. The molecule has 0 fully saturated rings. The predicted octanol–water partition coefficient (Wildman–Crippen LogP) is 2.50. The zero-order chi connectivity index (χ0) is 15.8. The Balaban J connectivity index is 2.64. The van der Waals surface area contributed by atoms with Gasteiger partial charge in [0.25, 0.3) is 14.2 Å². The molecule has 0 bridgehead atoms. The Morgan fingerprint density at radius 3 is 2.38 bits per heavy atom. The summed E-state index contributed by atoms with van der Waals surface area (Å²) in [6.07, 6.45) is 0. The molecular formula is C11H16ClN5O2S2. The second-order valence-corrected chi connectivity index (χ2v) is 8.60. The van der Waals surface area contributed by atoms with E-state index in [2.05, 4.69) is 19.8 Å². The molecule has 0 saturated carbocycles. The summed E-state index contributed by atoms with van der Waals surface area (Å²) in [6, 6.07) is 0. The van der Waals surface area contributed by atoms with Gasteiger partial charge in [-0.2, -0.15) is 0 Å². The van der Waals surface area contributed by atoms with Gasteiger partial charge in [0.05, 0.1) is 5.69 Å². The molecular weight excluding hydrogens is 334 g/mol. The van der Waals surface area contributed by atoms with E-state index in [9.17, 15) is 8.42 Å². The molecule has 2 heterocycles. The third-order valence-corrected chi connectivity index (χ3v) is 4.64. The minimum atomic E-state index is -3.96. The third-order valence-electron chi connectivity index (χ3n) is 2.75. The van der Waals surface area contributed by atoms with Gasteiger partial charge in [-0.05, 0) is 23.4 Å². The van der Waals surface area contributed by atoms with Crippen LogP contribution in [0.1, 0.15) is 39.3 Å². The van der Waals surface area contributed by atoms with Gasteiger partial charge in [0.15, 0.2) is 5.82 Å². The first kappa shape index (κ1) is 16.3. The van der Waals surface area contributed by atoms with Crippen LogP contribution in [0.5, 0.6) is 0 Å². The molecule has 0 aliphatic carbocycles. The Bertz CT molecular complexity index is 736. The summed E-state index contributed by atoms with van der Waals surface area (Å²) in [5.41, 5.74) is 0.774. The first-order chi connectivity index (χ1) is 9.71. The molecule has 10 heteroatoms. The molecule has 0 atom stereocenters. The van der Waals surface area contributed by atoms with Gasteiger partial charge in [-0.1, -0.05) is 32.2 Å². The van der Waals surface area contributed by atoms with E-state index in [4.69, 9.17) is 10.7 Å². The quantitative estimate of drug-likeness (QED) is 0.770. The van der Waals surface area contributed by atoms with Gasteiger partial charge in [-0.25, -0.2) is 8.42 Å². The summed E-state index contributed by atoms with van der Waals surface area (Å²) < 4.78 is 28.8. The van der Waals surface area contributed by atoms with Crippen LogP contribution in [-0.4, -0.2) is 32.8 Å². The lowest BCUT2D eigenvalue weighted by Gasteiger charge is -2.11. The van der Waals surface area contributed by atoms with Crippen LogP contribution >= 0.6 is 22.2 Å². The molecule has 0 N–H and O–H groups in total. The maximum absolute atomic E-state index is 11.7. The van der Waals surface area contributed by atoms with E-state index in [0.29, 0.717) is 12.4 Å². The van der Waals surface area contributed by atoms with E-state index in [-0.39, 0.29) is 17.0 Å². The van der Waals surface area contributed by atoms with Crippen molar-refractivity contribution in [3.63, 3.8) is 0 Å². The average molecular weight is 350 g/mol. The fourth-order valence-corrected chi connectivity index (χ4v) is 3.62. The summed E-state index contributed by atoms with van der Waals surface area (Å²) in [6.45, 7) is 8.37. The predicted molar refractivity (Wildman–Crippen MR) is 80.9 cm³/mol. The Morgan fingerprint density at radius 2 is 1.86 bits per heavy atom. The standard InChI is InChI=1S/C11H16ClN5O2S2/c1-6(2)5-17-10(14-15-11(17)21(12,18)19)9-8(7(3)4)13-16-20-9/h6-7H,5H2,1-4H3. The van der Waals surface area contributed by atoms with E-state index in [0.717, 1.165) is 10.6 Å². The largest absolute Gasteiger partial charge is 0.296 e. The summed E-state index contributed by atoms with van der Waals surface area (Å²) in [5.74, 6) is 0.806. The van der Waals surface area contributed by atoms with E-state index < -0.39 is 9.05 Å². The monoisotopic (exact) mass is 349 g/mol. The molecule has 2 aromatic rings. The molecule has 0 aliphatic heterocycles. The number of rotatable bonds is 5. The van der Waals surface area contributed by atoms with Gasteiger partial charge >= 0.3 is 0 Å². The number of hydrogen-bond donors (Lipinski definition) is 0. The molecule has 2 aromatic heterocycles. The average Bonchev–Trinajstić information content (AvgIpc) is 2.91. The van der Waals surface area contributed by atoms with Crippen molar-refractivity contribution in [2.24, 2.45) is 5.92 Å². The Labute approximate surface area is 131 Å². The highest BCUT2D eigenvalue weighted by Crippen LogP contribution is 2.31. The van der Waals surface area contributed by atoms with Crippen molar-refractivity contribution in [2.45, 2.75) is 45.3 Å². The summed E-state index contributed by atoms with van der Waals surface area (Å²) >= 11 is 1.17. The molecule has 0 spiro atoms. The lowest BCUT2D eigenvalue weighted by Crippen LogP contribution is -2.12. The molecule has 0 aromatic carbocycles. The SMILES string of the molecule is CC(C)Cn1c(-c2snnc2C(C)C)nnc1S(=O)(=O)Cl. The Hall–Kier alpha value is -1.06. The third kappa shape index (κ3) is 3.41. The van der Waals surface area contributed by atoms with Crippen molar-refractivity contribution in [3.8, 4) is 10.7 Å². The van der Waals surface area contributed by atoms with Gasteiger partial charge in [-0.3, -0.25) is 4.57 Å². The van der Waals surface area contributed by atoms with Gasteiger partial charge in [0.1, 0.15) is 4.88 Å². The molecule has 21 heavy (non-hydrogen) atoms. The molecule has 0 aliphatic rings. The molecule has 0 unspecified atom stereocenters. The van der Waals surface area contributed by atoms with E-state index >= 15 is 0 Å². The zero-order valence-electron chi connectivity index (χ0n) is 12.1. The Kier molecular flexibility index (Phi) is 4.64. The summed E-state index contributed by atoms with van der Waals surface area (Å²) in [5, 5.41) is 11.6. The van der Waals surface area contributed by atoms with Crippen LogP contribution in [0.3, 0.4) is 0 Å². The van der Waals surface area contributed by atoms with Crippen LogP contribution in [0.15, 0.2) is 5.16 Å². The molecule has 0 saturated heterocycles. The fourth-order valence-electron chi connectivity index (χ4n) is 1.90. The number of hydrogen-bond acceptors (Lipinski definition) is 7. The van der Waals surface area contributed by atoms with Crippen molar-refractivity contribution in [1.29, 1.82) is 0 Å². The minimum absolute atomic E-state index is 0.152. The fraction of sp³-hybridized carbons (Fsp3) is 0.636. The van der Waals surface area contributed by atoms with Crippen LogP contribution in [0, 0.1) is 5.92 Å². The maximum atomic E-state index is 11.7. The molecule has 116 valence electrons. The smallest absolute Gasteiger partial charge is 0.296 e. The van der Waals surface area contributed by atoms with Crippen LogP contribution in [0.25, 0.3) is 10.7 Å². The van der Waals surface area contributed by atoms with E-state index in [1.807, 2.05) is 27.7 Å². The second-order valence-electron chi connectivity index (χ2n) is 5.39. The van der Waals surface area contributed by atoms with Crippen molar-refractivity contribution in [1.82, 2.24) is 24.4 Å². The number of aromatic nitrogens is 5. The van der Waals surface area contributed by atoms with Gasteiger partial charge in [0, 0.05) is 17.2 Å². The first-order valence-electron chi connectivity index (χ1n) is 6.42.